The molecular formula is C21H25NO3. The number of aliphatic imine (C=N–C) groups is 1. The van der Waals surface area contributed by atoms with Gasteiger partial charge in [0.15, 0.2) is 6.04 Å². The average Bonchev–Trinajstić information content (AvgIpc) is 2.53. The normalized spacial score (nSPS) is 22.0. The summed E-state index contributed by atoms with van der Waals surface area (Å²) in [6, 6.07) is 6.85. The van der Waals surface area contributed by atoms with E-state index in [1.54, 1.807) is 0 Å². The van der Waals surface area contributed by atoms with Gasteiger partial charge in [0.25, 0.3) is 0 Å². The number of carboxylic acids is 1. The molecule has 4 heteroatoms. The highest BCUT2D eigenvalue weighted by Gasteiger charge is 2.37. The predicted octanol–water partition coefficient (Wildman–Crippen LogP) is 4.13. The molecule has 0 radical (unpaired) electrons. The maximum Gasteiger partial charge on any atom is 0.328 e. The van der Waals surface area contributed by atoms with Gasteiger partial charge in [0.2, 0.25) is 5.78 Å². The number of Topliss-reactive ketones (excluding diaryl/α,β-unsaturated/α-hetero) is 1. The summed E-state index contributed by atoms with van der Waals surface area (Å²) in [4.78, 5) is 29.1. The summed E-state index contributed by atoms with van der Waals surface area (Å²) in [6.07, 6.45) is 2.55. The van der Waals surface area contributed by atoms with Crippen LogP contribution in [0, 0.1) is 11.3 Å². The number of ketones is 1. The molecule has 0 saturated carbocycles. The maximum atomic E-state index is 13.1. The summed E-state index contributed by atoms with van der Waals surface area (Å²) in [7, 11) is 0. The van der Waals surface area contributed by atoms with Crippen molar-refractivity contribution < 1.29 is 14.7 Å². The van der Waals surface area contributed by atoms with Gasteiger partial charge in [-0.25, -0.2) is 4.79 Å². The molecule has 4 nitrogen and oxygen atoms in total. The topological polar surface area (TPSA) is 66.7 Å². The maximum absolute atomic E-state index is 13.1. The van der Waals surface area contributed by atoms with Crippen molar-refractivity contribution in [3.8, 4) is 0 Å². The number of rotatable bonds is 3. The van der Waals surface area contributed by atoms with E-state index < -0.39 is 12.0 Å². The molecule has 1 aromatic rings. The Morgan fingerprint density at radius 3 is 2.40 bits per heavy atom. The van der Waals surface area contributed by atoms with E-state index in [4.69, 9.17) is 0 Å². The van der Waals surface area contributed by atoms with E-state index in [2.05, 4.69) is 18.8 Å². The van der Waals surface area contributed by atoms with Gasteiger partial charge in [0, 0.05) is 11.1 Å². The SMILES string of the molecule is CC(C)C(N=C1C(=O)C2=C(CC(C)(C)CC2)c2ccccc21)C(=O)O. The zero-order valence-corrected chi connectivity index (χ0v) is 15.3. The fraction of sp³-hybridized carbons (Fsp3) is 0.476. The van der Waals surface area contributed by atoms with Crippen LogP contribution in [0.15, 0.2) is 34.8 Å². The Hall–Kier alpha value is -2.23. The molecule has 0 aromatic heterocycles. The minimum absolute atomic E-state index is 0.0869. The number of hydrogen-bond acceptors (Lipinski definition) is 3. The standard InChI is InChI=1S/C21H25NO3/c1-12(2)17(20(24)25)22-18-14-8-6-5-7-13(14)16-11-21(3,4)10-9-15(16)19(18)23/h5-8,12,17H,9-11H2,1-4H3,(H,24,25). The van der Waals surface area contributed by atoms with Crippen LogP contribution in [-0.4, -0.2) is 28.6 Å². The van der Waals surface area contributed by atoms with E-state index in [1.807, 2.05) is 38.1 Å². The second-order valence-electron chi connectivity index (χ2n) is 8.18. The van der Waals surface area contributed by atoms with E-state index in [0.717, 1.165) is 41.5 Å². The molecule has 0 saturated heterocycles. The van der Waals surface area contributed by atoms with Crippen molar-refractivity contribution in [3.63, 3.8) is 0 Å². The Morgan fingerprint density at radius 2 is 1.80 bits per heavy atom. The van der Waals surface area contributed by atoms with Crippen molar-refractivity contribution in [2.75, 3.05) is 0 Å². The molecule has 0 fully saturated rings. The minimum atomic E-state index is -0.989. The highest BCUT2D eigenvalue weighted by Crippen LogP contribution is 2.46. The van der Waals surface area contributed by atoms with Gasteiger partial charge in [-0.15, -0.1) is 0 Å². The zero-order chi connectivity index (χ0) is 18.4. The summed E-state index contributed by atoms with van der Waals surface area (Å²) in [5.41, 5.74) is 4.24. The van der Waals surface area contributed by atoms with Crippen LogP contribution in [0.25, 0.3) is 5.57 Å². The summed E-state index contributed by atoms with van der Waals surface area (Å²) in [5, 5.41) is 9.48. The second-order valence-corrected chi connectivity index (χ2v) is 8.18. The number of allylic oxidation sites excluding steroid dienone is 2. The number of carbonyl (C=O) groups excluding carboxylic acids is 1. The summed E-state index contributed by atoms with van der Waals surface area (Å²) >= 11 is 0. The highest BCUT2D eigenvalue weighted by molar-refractivity contribution is 6.54. The van der Waals surface area contributed by atoms with Crippen LogP contribution in [0.3, 0.4) is 0 Å². The average molecular weight is 339 g/mol. The van der Waals surface area contributed by atoms with Crippen LogP contribution in [0.2, 0.25) is 0 Å². The highest BCUT2D eigenvalue weighted by atomic mass is 16.4. The van der Waals surface area contributed by atoms with Gasteiger partial charge in [-0.05, 0) is 41.7 Å². The number of aliphatic carboxylic acids is 1. The van der Waals surface area contributed by atoms with E-state index in [9.17, 15) is 14.7 Å². The van der Waals surface area contributed by atoms with Crippen molar-refractivity contribution in [1.82, 2.24) is 0 Å². The van der Waals surface area contributed by atoms with E-state index >= 15 is 0 Å². The third-order valence-electron chi connectivity index (χ3n) is 5.22. The molecule has 1 unspecified atom stereocenters. The Bertz CT molecular complexity index is 799. The smallest absolute Gasteiger partial charge is 0.328 e. The molecule has 3 rings (SSSR count). The minimum Gasteiger partial charge on any atom is -0.480 e. The van der Waals surface area contributed by atoms with Crippen LogP contribution in [0.4, 0.5) is 0 Å². The lowest BCUT2D eigenvalue weighted by molar-refractivity contribution is -0.139. The first-order valence-electron chi connectivity index (χ1n) is 8.88. The van der Waals surface area contributed by atoms with Crippen LogP contribution >= 0.6 is 0 Å². The Kier molecular flexibility index (Phi) is 4.40. The molecule has 1 N–H and O–H groups in total. The first kappa shape index (κ1) is 17.6. The quantitative estimate of drug-likeness (QED) is 0.900. The third kappa shape index (κ3) is 3.17. The number of benzene rings is 1. The van der Waals surface area contributed by atoms with Gasteiger partial charge >= 0.3 is 5.97 Å². The first-order chi connectivity index (χ1) is 11.7. The van der Waals surface area contributed by atoms with Gasteiger partial charge in [-0.1, -0.05) is 52.0 Å². The van der Waals surface area contributed by atoms with Crippen molar-refractivity contribution in [1.29, 1.82) is 0 Å². The molecule has 2 aliphatic rings. The lowest BCUT2D eigenvalue weighted by Gasteiger charge is -2.36. The second kappa shape index (κ2) is 6.25. The summed E-state index contributed by atoms with van der Waals surface area (Å²) < 4.78 is 0. The molecule has 0 spiro atoms. The predicted molar refractivity (Wildman–Crippen MR) is 98.8 cm³/mol. The van der Waals surface area contributed by atoms with Gasteiger partial charge in [0.1, 0.15) is 5.71 Å². The molecule has 2 aliphatic carbocycles. The zero-order valence-electron chi connectivity index (χ0n) is 15.3. The Labute approximate surface area is 148 Å². The lowest BCUT2D eigenvalue weighted by Crippen LogP contribution is -2.33. The molecule has 0 heterocycles. The van der Waals surface area contributed by atoms with Crippen molar-refractivity contribution in [3.05, 3.63) is 41.0 Å². The molecule has 1 aromatic carbocycles. The largest absolute Gasteiger partial charge is 0.480 e. The molecule has 0 aliphatic heterocycles. The summed E-state index contributed by atoms with van der Waals surface area (Å²) in [6.45, 7) is 8.09. The van der Waals surface area contributed by atoms with Crippen molar-refractivity contribution in [2.45, 2.75) is 53.0 Å². The molecule has 25 heavy (non-hydrogen) atoms. The fourth-order valence-electron chi connectivity index (χ4n) is 3.77. The van der Waals surface area contributed by atoms with E-state index in [0.29, 0.717) is 5.71 Å². The molecular weight excluding hydrogens is 314 g/mol. The third-order valence-corrected chi connectivity index (χ3v) is 5.22. The number of carboxylic acid groups (broad SMARTS) is 1. The van der Waals surface area contributed by atoms with Gasteiger partial charge in [-0.2, -0.15) is 0 Å². The number of carbonyl (C=O) groups is 2. The first-order valence-corrected chi connectivity index (χ1v) is 8.88. The van der Waals surface area contributed by atoms with Crippen LogP contribution in [-0.2, 0) is 9.59 Å². The Morgan fingerprint density at radius 1 is 1.16 bits per heavy atom. The van der Waals surface area contributed by atoms with Gasteiger partial charge in [0.05, 0.1) is 0 Å². The van der Waals surface area contributed by atoms with Crippen molar-refractivity contribution in [2.24, 2.45) is 16.3 Å². The van der Waals surface area contributed by atoms with E-state index in [-0.39, 0.29) is 17.1 Å². The molecule has 0 amide bonds. The number of hydrogen-bond donors (Lipinski definition) is 1. The van der Waals surface area contributed by atoms with Crippen molar-refractivity contribution >= 4 is 23.0 Å². The Balaban J connectivity index is 2.17. The molecule has 0 bridgehead atoms. The number of nitrogens with zero attached hydrogens (tertiary/aromatic N) is 1. The fourth-order valence-corrected chi connectivity index (χ4v) is 3.77. The van der Waals surface area contributed by atoms with Crippen LogP contribution in [0.1, 0.15) is 58.1 Å². The van der Waals surface area contributed by atoms with Gasteiger partial charge in [-0.3, -0.25) is 9.79 Å². The lowest BCUT2D eigenvalue weighted by atomic mass is 9.68. The molecule has 1 atom stereocenters. The molecule has 132 valence electrons. The van der Waals surface area contributed by atoms with Crippen LogP contribution in [0.5, 0.6) is 0 Å². The van der Waals surface area contributed by atoms with Crippen LogP contribution < -0.4 is 0 Å². The van der Waals surface area contributed by atoms with Gasteiger partial charge < -0.3 is 5.11 Å². The number of fused-ring (bicyclic) bond motifs is 2. The monoisotopic (exact) mass is 339 g/mol. The summed E-state index contributed by atoms with van der Waals surface area (Å²) in [5.74, 6) is -1.25. The van der Waals surface area contributed by atoms with E-state index in [1.165, 1.54) is 0 Å².